The van der Waals surface area contributed by atoms with Crippen LogP contribution in [0.25, 0.3) is 0 Å². The van der Waals surface area contributed by atoms with E-state index in [1.54, 1.807) is 23.9 Å². The molecule has 6 heteroatoms. The standard InChI is InChI=1S/C10H15BrN2O3/c1-13-4-7(11)3-9(13)10(15)12-8(5-14)6-16-2/h3-4,8,14H,5-6H2,1-2H3,(H,12,15). The molecule has 5 nitrogen and oxygen atoms in total. The predicted octanol–water partition coefficient (Wildman–Crippen LogP) is 0.525. The fourth-order valence-corrected chi connectivity index (χ4v) is 1.87. The lowest BCUT2D eigenvalue weighted by atomic mass is 10.3. The van der Waals surface area contributed by atoms with Crippen molar-refractivity contribution in [3.8, 4) is 0 Å². The number of ether oxygens (including phenoxy) is 1. The Kier molecular flexibility index (Phi) is 4.98. The number of carbonyl (C=O) groups is 1. The number of halogens is 1. The zero-order chi connectivity index (χ0) is 12.1. The van der Waals surface area contributed by atoms with Crippen molar-refractivity contribution in [3.63, 3.8) is 0 Å². The Hall–Kier alpha value is -0.850. The fourth-order valence-electron chi connectivity index (χ4n) is 1.35. The van der Waals surface area contributed by atoms with Gasteiger partial charge in [-0.2, -0.15) is 0 Å². The van der Waals surface area contributed by atoms with E-state index in [4.69, 9.17) is 9.84 Å². The van der Waals surface area contributed by atoms with E-state index in [9.17, 15) is 4.79 Å². The smallest absolute Gasteiger partial charge is 0.268 e. The van der Waals surface area contributed by atoms with E-state index in [2.05, 4.69) is 21.2 Å². The third-order valence-corrected chi connectivity index (χ3v) is 2.56. The summed E-state index contributed by atoms with van der Waals surface area (Å²) in [6.45, 7) is 0.138. The molecule has 0 radical (unpaired) electrons. The van der Waals surface area contributed by atoms with E-state index >= 15 is 0 Å². The Labute approximate surface area is 103 Å². The predicted molar refractivity (Wildman–Crippen MR) is 63.3 cm³/mol. The van der Waals surface area contributed by atoms with Gasteiger partial charge >= 0.3 is 0 Å². The van der Waals surface area contributed by atoms with Crippen LogP contribution in [0.1, 0.15) is 10.5 Å². The number of hydrogen-bond acceptors (Lipinski definition) is 3. The zero-order valence-electron chi connectivity index (χ0n) is 9.24. The van der Waals surface area contributed by atoms with E-state index in [1.165, 1.54) is 7.11 Å². The van der Waals surface area contributed by atoms with E-state index < -0.39 is 0 Å². The Morgan fingerprint density at radius 3 is 2.88 bits per heavy atom. The van der Waals surface area contributed by atoms with Gasteiger partial charge in [-0.3, -0.25) is 4.79 Å². The van der Waals surface area contributed by atoms with Crippen LogP contribution >= 0.6 is 15.9 Å². The number of aliphatic hydroxyl groups is 1. The van der Waals surface area contributed by atoms with Crippen molar-refractivity contribution >= 4 is 21.8 Å². The Morgan fingerprint density at radius 2 is 2.44 bits per heavy atom. The van der Waals surface area contributed by atoms with Gasteiger partial charge in [0, 0.05) is 24.8 Å². The molecule has 0 saturated heterocycles. The number of nitrogens with zero attached hydrogens (tertiary/aromatic N) is 1. The van der Waals surface area contributed by atoms with Crippen LogP contribution in [-0.2, 0) is 11.8 Å². The number of carbonyl (C=O) groups excluding carboxylic acids is 1. The molecule has 1 rings (SSSR count). The van der Waals surface area contributed by atoms with Gasteiger partial charge in [-0.25, -0.2) is 0 Å². The van der Waals surface area contributed by atoms with Crippen molar-refractivity contribution in [2.24, 2.45) is 7.05 Å². The largest absolute Gasteiger partial charge is 0.394 e. The number of methoxy groups -OCH3 is 1. The summed E-state index contributed by atoms with van der Waals surface area (Å²) in [6, 6.07) is 1.34. The van der Waals surface area contributed by atoms with E-state index in [1.807, 2.05) is 0 Å². The average Bonchev–Trinajstić information content (AvgIpc) is 2.57. The van der Waals surface area contributed by atoms with Gasteiger partial charge in [-0.15, -0.1) is 0 Å². The highest BCUT2D eigenvalue weighted by Crippen LogP contribution is 2.13. The second-order valence-electron chi connectivity index (χ2n) is 3.46. The van der Waals surface area contributed by atoms with Crippen molar-refractivity contribution in [2.75, 3.05) is 20.3 Å². The van der Waals surface area contributed by atoms with Gasteiger partial charge in [0.25, 0.3) is 5.91 Å². The molecule has 1 atom stereocenters. The lowest BCUT2D eigenvalue weighted by Crippen LogP contribution is -2.41. The lowest BCUT2D eigenvalue weighted by Gasteiger charge is -2.15. The van der Waals surface area contributed by atoms with E-state index in [0.29, 0.717) is 5.69 Å². The Morgan fingerprint density at radius 1 is 1.75 bits per heavy atom. The Balaban J connectivity index is 2.67. The van der Waals surface area contributed by atoms with Crippen LogP contribution in [0, 0.1) is 0 Å². The molecule has 0 aromatic carbocycles. The monoisotopic (exact) mass is 290 g/mol. The summed E-state index contributed by atoms with van der Waals surface area (Å²) in [7, 11) is 3.30. The first-order valence-corrected chi connectivity index (χ1v) is 5.60. The minimum Gasteiger partial charge on any atom is -0.394 e. The number of hydrogen-bond donors (Lipinski definition) is 2. The van der Waals surface area contributed by atoms with Gasteiger partial charge in [0.15, 0.2) is 0 Å². The van der Waals surface area contributed by atoms with Gasteiger partial charge in [0.2, 0.25) is 0 Å². The molecule has 1 aromatic rings. The third-order valence-electron chi connectivity index (χ3n) is 2.13. The maximum Gasteiger partial charge on any atom is 0.268 e. The first-order chi connectivity index (χ1) is 7.58. The SMILES string of the molecule is COCC(CO)NC(=O)c1cc(Br)cn1C. The van der Waals surface area contributed by atoms with Crippen molar-refractivity contribution in [2.45, 2.75) is 6.04 Å². The summed E-state index contributed by atoms with van der Waals surface area (Å²) in [5.41, 5.74) is 0.529. The van der Waals surface area contributed by atoms with Crippen LogP contribution in [0.15, 0.2) is 16.7 Å². The van der Waals surface area contributed by atoms with Crippen LogP contribution in [0.4, 0.5) is 0 Å². The van der Waals surface area contributed by atoms with E-state index in [0.717, 1.165) is 4.47 Å². The molecule has 16 heavy (non-hydrogen) atoms. The van der Waals surface area contributed by atoms with Gasteiger partial charge in [-0.05, 0) is 22.0 Å². The van der Waals surface area contributed by atoms with Gasteiger partial charge in [0.05, 0.1) is 19.3 Å². The quantitative estimate of drug-likeness (QED) is 0.831. The molecule has 2 N–H and O–H groups in total. The summed E-state index contributed by atoms with van der Waals surface area (Å²) < 4.78 is 7.43. The number of aromatic nitrogens is 1. The number of rotatable bonds is 5. The molecule has 1 amide bonds. The molecule has 0 bridgehead atoms. The Bertz CT molecular complexity index is 365. The summed E-state index contributed by atoms with van der Waals surface area (Å²) in [4.78, 5) is 11.8. The lowest BCUT2D eigenvalue weighted by molar-refractivity contribution is 0.0832. The van der Waals surface area contributed by atoms with Crippen LogP contribution in [0.5, 0.6) is 0 Å². The highest BCUT2D eigenvalue weighted by atomic mass is 79.9. The molecular formula is C10H15BrN2O3. The molecule has 90 valence electrons. The van der Waals surface area contributed by atoms with E-state index in [-0.39, 0.29) is 25.2 Å². The van der Waals surface area contributed by atoms with Crippen LogP contribution in [-0.4, -0.2) is 41.9 Å². The summed E-state index contributed by atoms with van der Waals surface area (Å²) in [5, 5.41) is 11.7. The number of aliphatic hydroxyl groups excluding tert-OH is 1. The first kappa shape index (κ1) is 13.2. The molecule has 1 heterocycles. The van der Waals surface area contributed by atoms with Crippen LogP contribution < -0.4 is 5.32 Å². The summed E-state index contributed by atoms with van der Waals surface area (Å²) in [5.74, 6) is -0.232. The molecule has 1 aromatic heterocycles. The van der Waals surface area contributed by atoms with Crippen molar-refractivity contribution in [1.82, 2.24) is 9.88 Å². The molecule has 0 aliphatic carbocycles. The second kappa shape index (κ2) is 6.03. The summed E-state index contributed by atoms with van der Waals surface area (Å²) in [6.07, 6.45) is 1.79. The maximum atomic E-state index is 11.8. The summed E-state index contributed by atoms with van der Waals surface area (Å²) >= 11 is 3.29. The fraction of sp³-hybridized carbons (Fsp3) is 0.500. The molecule has 0 spiro atoms. The molecule has 0 saturated carbocycles. The number of nitrogens with one attached hydrogen (secondary N) is 1. The molecule has 0 fully saturated rings. The highest BCUT2D eigenvalue weighted by Gasteiger charge is 2.15. The number of aryl methyl sites for hydroxylation is 1. The minimum atomic E-state index is -0.383. The molecule has 0 aliphatic heterocycles. The number of amides is 1. The topological polar surface area (TPSA) is 63.5 Å². The minimum absolute atomic E-state index is 0.148. The second-order valence-corrected chi connectivity index (χ2v) is 4.38. The van der Waals surface area contributed by atoms with Crippen molar-refractivity contribution in [3.05, 3.63) is 22.4 Å². The van der Waals surface area contributed by atoms with Gasteiger partial charge < -0.3 is 19.7 Å². The van der Waals surface area contributed by atoms with Gasteiger partial charge in [0.1, 0.15) is 5.69 Å². The normalized spacial score (nSPS) is 12.5. The average molecular weight is 291 g/mol. The first-order valence-electron chi connectivity index (χ1n) is 4.81. The highest BCUT2D eigenvalue weighted by molar-refractivity contribution is 9.10. The van der Waals surface area contributed by atoms with Crippen molar-refractivity contribution < 1.29 is 14.6 Å². The van der Waals surface area contributed by atoms with Crippen LogP contribution in [0.3, 0.4) is 0 Å². The van der Waals surface area contributed by atoms with Crippen LogP contribution in [0.2, 0.25) is 0 Å². The maximum absolute atomic E-state index is 11.8. The zero-order valence-corrected chi connectivity index (χ0v) is 10.8. The van der Waals surface area contributed by atoms with Gasteiger partial charge in [-0.1, -0.05) is 0 Å². The molecule has 1 unspecified atom stereocenters. The molecular weight excluding hydrogens is 276 g/mol. The third kappa shape index (κ3) is 3.33. The molecule has 0 aliphatic rings. The van der Waals surface area contributed by atoms with Crippen molar-refractivity contribution in [1.29, 1.82) is 0 Å².